The van der Waals surface area contributed by atoms with Crippen molar-refractivity contribution in [3.05, 3.63) is 0 Å². The van der Waals surface area contributed by atoms with E-state index < -0.39 is 57.1 Å². The molecule has 45 heavy (non-hydrogen) atoms. The highest BCUT2D eigenvalue weighted by molar-refractivity contribution is 7.97. The Bertz CT molecular complexity index is 1070. The van der Waals surface area contributed by atoms with Crippen LogP contribution in [0.2, 0.25) is 0 Å². The van der Waals surface area contributed by atoms with Crippen molar-refractivity contribution >= 4 is 26.8 Å². The van der Waals surface area contributed by atoms with Crippen molar-refractivity contribution < 1.29 is 92.4 Å². The minimum absolute atomic E-state index is 0.149. The van der Waals surface area contributed by atoms with Crippen LogP contribution in [0.3, 0.4) is 0 Å². The van der Waals surface area contributed by atoms with Crippen molar-refractivity contribution in [3.63, 3.8) is 0 Å². The summed E-state index contributed by atoms with van der Waals surface area (Å²) in [5.74, 6) is -48.3. The quantitative estimate of drug-likeness (QED) is 0.0961. The van der Waals surface area contributed by atoms with Crippen LogP contribution < -0.4 is 0 Å². The van der Waals surface area contributed by atoms with Crippen LogP contribution in [0.5, 0.6) is 0 Å². The van der Waals surface area contributed by atoms with Gasteiger partial charge in [0, 0.05) is 5.41 Å². The number of hydrogen-bond donors (Lipinski definition) is 0. The molecule has 0 aliphatic rings. The lowest BCUT2D eigenvalue weighted by atomic mass is 9.91. The molecule has 0 N–H and O–H groups in total. The summed E-state index contributed by atoms with van der Waals surface area (Å²) in [7, 11) is -7.79. The van der Waals surface area contributed by atoms with E-state index >= 15 is 0 Å². The molecule has 0 rings (SSSR count). The van der Waals surface area contributed by atoms with Crippen LogP contribution in [-0.4, -0.2) is 83.0 Å². The third-order valence-corrected chi connectivity index (χ3v) is 9.04. The van der Waals surface area contributed by atoms with Crippen LogP contribution in [0, 0.1) is 5.41 Å². The van der Waals surface area contributed by atoms with Crippen molar-refractivity contribution in [2.75, 3.05) is 17.3 Å². The molecule has 0 unspecified atom stereocenters. The maximum Gasteiger partial charge on any atom is 0.460 e. The Hall–Kier alpha value is -1.26. The number of unbranched alkanes of at least 4 members (excludes halogenated alkanes) is 2. The third kappa shape index (κ3) is 9.01. The number of carbonyl (C=O) groups excluding carboxylic acids is 1. The molecule has 0 bridgehead atoms. The van der Waals surface area contributed by atoms with Gasteiger partial charge in [0.15, 0.2) is 21.7 Å². The van der Waals surface area contributed by atoms with Crippen LogP contribution >= 0.6 is 0 Å². The van der Waals surface area contributed by atoms with Crippen LogP contribution in [0.1, 0.15) is 60.3 Å². The van der Waals surface area contributed by atoms with Crippen molar-refractivity contribution in [1.29, 1.82) is 0 Å². The first-order chi connectivity index (χ1) is 19.4. The van der Waals surface area contributed by atoms with Gasteiger partial charge in [0.05, 0.1) is 0 Å². The lowest BCUT2D eigenvalue weighted by Gasteiger charge is -2.42. The molecule has 0 aromatic rings. The second-order valence-electron chi connectivity index (χ2n) is 10.5. The van der Waals surface area contributed by atoms with Crippen molar-refractivity contribution in [3.8, 4) is 0 Å². The molecule has 0 fully saturated rings. The van der Waals surface area contributed by atoms with Crippen molar-refractivity contribution in [2.24, 2.45) is 5.41 Å². The molecule has 0 atom stereocenters. The molecule has 0 spiro atoms. The zero-order valence-corrected chi connectivity index (χ0v) is 25.5. The zero-order chi connectivity index (χ0) is 37.1. The van der Waals surface area contributed by atoms with Gasteiger partial charge >= 0.3 is 47.0 Å². The highest BCUT2D eigenvalue weighted by Gasteiger charge is 2.95. The fourth-order valence-corrected chi connectivity index (χ4v) is 5.78. The van der Waals surface area contributed by atoms with E-state index in [9.17, 15) is 92.4 Å². The molecule has 0 aliphatic carbocycles. The van der Waals surface area contributed by atoms with E-state index in [2.05, 4.69) is 13.8 Å². The van der Waals surface area contributed by atoms with Gasteiger partial charge in [0.2, 0.25) is 0 Å². The van der Waals surface area contributed by atoms with Crippen LogP contribution in [0.15, 0.2) is 0 Å². The van der Waals surface area contributed by atoms with E-state index in [0.29, 0.717) is 16.7 Å². The molecule has 0 aromatic carbocycles. The van der Waals surface area contributed by atoms with Crippen molar-refractivity contribution in [1.82, 2.24) is 0 Å². The van der Waals surface area contributed by atoms with Gasteiger partial charge in [0.25, 0.3) is 0 Å². The molecular formula is C22H29F17O4S2. The lowest BCUT2D eigenvalue weighted by molar-refractivity contribution is -0.458. The molecule has 4 nitrogen and oxygen atoms in total. The Labute approximate surface area is 249 Å². The minimum atomic E-state index is -8.92. The first-order valence-corrected chi connectivity index (χ1v) is 15.4. The maximum atomic E-state index is 13.0. The van der Waals surface area contributed by atoms with E-state index in [1.165, 1.54) is 37.2 Å². The van der Waals surface area contributed by atoms with Crippen LogP contribution in [0.25, 0.3) is 0 Å². The molecular weight excluding hydrogens is 715 g/mol. The molecule has 0 amide bonds. The highest BCUT2D eigenvalue weighted by Crippen LogP contribution is 2.64. The Kier molecular flexibility index (Phi) is 14.7. The van der Waals surface area contributed by atoms with Gasteiger partial charge in [-0.3, -0.25) is 4.79 Å². The SMILES string of the molecule is CCCC[S+](CCCC)CC(=O)C(C)(C)C.O=S(=O)([O-])C(F)(F)C(F)(F)C(F)(F)C(F)(F)C(F)(F)C(F)(F)C(F)(F)C(F)(F)F. The Morgan fingerprint density at radius 2 is 0.867 bits per heavy atom. The number of rotatable bonds is 15. The van der Waals surface area contributed by atoms with Crippen LogP contribution in [-0.2, 0) is 25.8 Å². The first-order valence-electron chi connectivity index (χ1n) is 12.3. The van der Waals surface area contributed by atoms with E-state index in [1.54, 1.807) is 0 Å². The Balaban J connectivity index is 0. The number of carbonyl (C=O) groups is 1. The van der Waals surface area contributed by atoms with Gasteiger partial charge in [-0.15, -0.1) is 0 Å². The predicted octanol–water partition coefficient (Wildman–Crippen LogP) is 8.32. The largest absolute Gasteiger partial charge is 0.743 e. The number of ketones is 1. The lowest BCUT2D eigenvalue weighted by Crippen LogP contribution is -2.75. The first kappa shape index (κ1) is 45.9. The van der Waals surface area contributed by atoms with Gasteiger partial charge in [0.1, 0.15) is 11.5 Å². The highest BCUT2D eigenvalue weighted by atomic mass is 32.2. The Morgan fingerprint density at radius 3 is 1.11 bits per heavy atom. The fraction of sp³-hybridized carbons (Fsp3) is 0.955. The number of alkyl halides is 17. The average Bonchev–Trinajstić information content (AvgIpc) is 2.83. The molecule has 0 aliphatic heterocycles. The van der Waals surface area contributed by atoms with E-state index in [-0.39, 0.29) is 5.41 Å². The zero-order valence-electron chi connectivity index (χ0n) is 23.8. The third-order valence-electron chi connectivity index (χ3n) is 5.75. The summed E-state index contributed by atoms with van der Waals surface area (Å²) in [6.07, 6.45) is -2.83. The Morgan fingerprint density at radius 1 is 0.578 bits per heavy atom. The van der Waals surface area contributed by atoms with E-state index in [1.807, 2.05) is 20.8 Å². The standard InChI is InChI=1S/C14H29OS.C8HF17O3S/c1-6-8-10-16(11-9-7-2)12-13(15)14(3,4)5;9-1(10,3(13,14)5(17,18)7(21,22)23)2(11,12)4(15,16)6(19,20)8(24,25)29(26,27)28/h6-12H2,1-5H3;(H,26,27,28)/q+1;/p-1. The summed E-state index contributed by atoms with van der Waals surface area (Å²) in [4.78, 5) is 12.0. The van der Waals surface area contributed by atoms with Gasteiger partial charge in [-0.05, 0) is 23.7 Å². The monoisotopic (exact) mass is 744 g/mol. The molecule has 272 valence electrons. The predicted molar refractivity (Wildman–Crippen MR) is 127 cm³/mol. The topological polar surface area (TPSA) is 74.3 Å². The number of halogens is 17. The van der Waals surface area contributed by atoms with E-state index in [0.717, 1.165) is 5.75 Å². The molecule has 0 heterocycles. The van der Waals surface area contributed by atoms with Gasteiger partial charge in [-0.25, -0.2) is 8.42 Å². The van der Waals surface area contributed by atoms with E-state index in [4.69, 9.17) is 0 Å². The molecule has 0 saturated heterocycles. The summed E-state index contributed by atoms with van der Waals surface area (Å²) in [5.41, 5.74) is -0.149. The summed E-state index contributed by atoms with van der Waals surface area (Å²) in [5, 5.41) is -7.95. The van der Waals surface area contributed by atoms with Gasteiger partial charge in [-0.1, -0.05) is 47.5 Å². The molecule has 0 aromatic heterocycles. The summed E-state index contributed by atoms with van der Waals surface area (Å²) < 4.78 is 244. The molecule has 0 saturated carbocycles. The van der Waals surface area contributed by atoms with Crippen LogP contribution in [0.4, 0.5) is 74.6 Å². The summed E-state index contributed by atoms with van der Waals surface area (Å²) >= 11 is 0. The molecule has 23 heteroatoms. The fourth-order valence-electron chi connectivity index (χ4n) is 2.65. The summed E-state index contributed by atoms with van der Waals surface area (Å²) in [6, 6.07) is 0. The summed E-state index contributed by atoms with van der Waals surface area (Å²) in [6.45, 7) is 10.6. The minimum Gasteiger partial charge on any atom is -0.743 e. The number of hydrogen-bond acceptors (Lipinski definition) is 4. The second kappa shape index (κ2) is 14.5. The maximum absolute atomic E-state index is 13.0. The molecule has 0 radical (unpaired) electrons. The smallest absolute Gasteiger partial charge is 0.460 e. The second-order valence-corrected chi connectivity index (χ2v) is 14.2. The average molecular weight is 745 g/mol. The van der Waals surface area contributed by atoms with Gasteiger partial charge in [-0.2, -0.15) is 74.6 Å². The number of Topliss-reactive ketones (excluding diaryl/α,β-unsaturated/α-hetero) is 1. The van der Waals surface area contributed by atoms with Gasteiger partial charge < -0.3 is 4.55 Å². The normalized spacial score (nSPS) is 15.2. The van der Waals surface area contributed by atoms with Crippen molar-refractivity contribution in [2.45, 2.75) is 107 Å².